The van der Waals surface area contributed by atoms with E-state index in [1.54, 1.807) is 0 Å². The summed E-state index contributed by atoms with van der Waals surface area (Å²) < 4.78 is 6.75. The van der Waals surface area contributed by atoms with E-state index >= 15 is 0 Å². The average molecular weight is 890 g/mol. The number of para-hydroxylation sites is 1. The largest absolute Gasteiger partial charge is 0.455 e. The molecule has 0 radical (unpaired) electrons. The molecule has 13 aromatic carbocycles. The third-order valence-corrected chi connectivity index (χ3v) is 14.4. The minimum absolute atomic E-state index is 0.875. The molecule has 0 bridgehead atoms. The third kappa shape index (κ3) is 6.35. The van der Waals surface area contributed by atoms with Gasteiger partial charge in [-0.15, -0.1) is 0 Å². The fourth-order valence-corrected chi connectivity index (χ4v) is 11.3. The SMILES string of the molecule is c1ccc(-c2c(-c3ccccc3)c3cc(-c4ccc(N(c5ccccc5-c5cccc6oc7c8ccccc8ccc7c56)c5cc6ccccc6c6ccccc56)cc4)ccc3c3ccccc23)cc1. The topological polar surface area (TPSA) is 16.4 Å². The van der Waals surface area contributed by atoms with Gasteiger partial charge in [-0.25, -0.2) is 0 Å². The van der Waals surface area contributed by atoms with Gasteiger partial charge >= 0.3 is 0 Å². The Morgan fingerprint density at radius 3 is 1.57 bits per heavy atom. The minimum atomic E-state index is 0.875. The second-order valence-corrected chi connectivity index (χ2v) is 18.3. The van der Waals surface area contributed by atoms with Crippen LogP contribution >= 0.6 is 0 Å². The predicted octanol–water partition coefficient (Wildman–Crippen LogP) is 19.5. The number of hydrogen-bond acceptors (Lipinski definition) is 2. The van der Waals surface area contributed by atoms with Gasteiger partial charge in [0.15, 0.2) is 0 Å². The summed E-state index contributed by atoms with van der Waals surface area (Å²) in [5, 5.41) is 14.3. The smallest absolute Gasteiger partial charge is 0.143 e. The molecule has 14 rings (SSSR count). The van der Waals surface area contributed by atoms with Gasteiger partial charge in [-0.05, 0) is 124 Å². The van der Waals surface area contributed by atoms with Crippen LogP contribution in [-0.4, -0.2) is 0 Å². The lowest BCUT2D eigenvalue weighted by molar-refractivity contribution is 0.673. The Bertz CT molecular complexity index is 4340. The van der Waals surface area contributed by atoms with Crippen molar-refractivity contribution >= 4 is 92.9 Å². The Morgan fingerprint density at radius 1 is 0.271 bits per heavy atom. The summed E-state index contributed by atoms with van der Waals surface area (Å²) in [7, 11) is 0. The normalized spacial score (nSPS) is 11.7. The molecular weight excluding hydrogens is 847 g/mol. The van der Waals surface area contributed by atoms with Gasteiger partial charge in [0.25, 0.3) is 0 Å². The quantitative estimate of drug-likeness (QED) is 0.148. The number of rotatable bonds is 7. The molecule has 1 heterocycles. The van der Waals surface area contributed by atoms with Gasteiger partial charge in [-0.3, -0.25) is 0 Å². The van der Waals surface area contributed by atoms with E-state index < -0.39 is 0 Å². The zero-order chi connectivity index (χ0) is 46.1. The molecule has 70 heavy (non-hydrogen) atoms. The zero-order valence-corrected chi connectivity index (χ0v) is 38.2. The first-order valence-electron chi connectivity index (χ1n) is 24.1. The molecule has 0 aliphatic heterocycles. The molecule has 0 fully saturated rings. The molecule has 2 nitrogen and oxygen atoms in total. The first kappa shape index (κ1) is 39.9. The molecule has 0 saturated carbocycles. The zero-order valence-electron chi connectivity index (χ0n) is 38.2. The minimum Gasteiger partial charge on any atom is -0.455 e. The standard InChI is InChI=1S/C68H43NO/c1-3-19-46(20-4-1)65-58-30-14-12-27-54(58)55-40-37-48(42-61(55)66(65)47-21-5-2-6-22-47)44-34-38-50(39-35-44)69(63-43-49-23-8-9-24-51(49)53-26-11-13-28-56(53)63)62-32-16-15-29-57(62)59-31-17-33-64-67(59)60-41-36-45-18-7-10-25-52(45)68(60)70-64/h1-43H. The first-order chi connectivity index (χ1) is 34.7. The highest BCUT2D eigenvalue weighted by Crippen LogP contribution is 2.49. The summed E-state index contributed by atoms with van der Waals surface area (Å²) in [6.07, 6.45) is 0. The first-order valence-corrected chi connectivity index (χ1v) is 24.1. The van der Waals surface area contributed by atoms with Crippen LogP contribution < -0.4 is 4.90 Å². The highest BCUT2D eigenvalue weighted by molar-refractivity contribution is 6.23. The number of fused-ring (bicyclic) bond motifs is 11. The molecule has 14 aromatic rings. The van der Waals surface area contributed by atoms with E-state index in [0.717, 1.165) is 61.1 Å². The summed E-state index contributed by atoms with van der Waals surface area (Å²) in [6, 6.07) is 95.1. The highest BCUT2D eigenvalue weighted by atomic mass is 16.3. The molecule has 2 heteroatoms. The maximum Gasteiger partial charge on any atom is 0.143 e. The van der Waals surface area contributed by atoms with Gasteiger partial charge in [0.1, 0.15) is 11.2 Å². The van der Waals surface area contributed by atoms with Crippen LogP contribution in [0.5, 0.6) is 0 Å². The van der Waals surface area contributed by atoms with Gasteiger partial charge in [-0.1, -0.05) is 218 Å². The second-order valence-electron chi connectivity index (χ2n) is 18.3. The Hall–Kier alpha value is -9.24. The number of anilines is 3. The average Bonchev–Trinajstić information content (AvgIpc) is 3.83. The van der Waals surface area contributed by atoms with Crippen molar-refractivity contribution in [2.24, 2.45) is 0 Å². The molecule has 0 N–H and O–H groups in total. The molecular formula is C68H43NO. The van der Waals surface area contributed by atoms with Crippen molar-refractivity contribution in [2.75, 3.05) is 4.90 Å². The van der Waals surface area contributed by atoms with Crippen LogP contribution in [0.15, 0.2) is 265 Å². The van der Waals surface area contributed by atoms with Crippen LogP contribution in [0.3, 0.4) is 0 Å². The monoisotopic (exact) mass is 889 g/mol. The lowest BCUT2D eigenvalue weighted by atomic mass is 9.84. The molecule has 0 aliphatic carbocycles. The van der Waals surface area contributed by atoms with Gasteiger partial charge in [0.05, 0.1) is 11.4 Å². The molecule has 0 unspecified atom stereocenters. The van der Waals surface area contributed by atoms with Crippen LogP contribution in [-0.2, 0) is 0 Å². The van der Waals surface area contributed by atoms with E-state index in [9.17, 15) is 0 Å². The fourth-order valence-electron chi connectivity index (χ4n) is 11.3. The van der Waals surface area contributed by atoms with E-state index in [2.05, 4.69) is 266 Å². The highest BCUT2D eigenvalue weighted by Gasteiger charge is 2.24. The van der Waals surface area contributed by atoms with E-state index in [1.807, 2.05) is 0 Å². The predicted molar refractivity (Wildman–Crippen MR) is 298 cm³/mol. The van der Waals surface area contributed by atoms with Crippen LogP contribution in [0.1, 0.15) is 0 Å². The van der Waals surface area contributed by atoms with Crippen LogP contribution in [0.25, 0.3) is 120 Å². The van der Waals surface area contributed by atoms with E-state index in [4.69, 9.17) is 4.42 Å². The summed E-state index contributed by atoms with van der Waals surface area (Å²) in [5.74, 6) is 0. The number of hydrogen-bond donors (Lipinski definition) is 0. The van der Waals surface area contributed by atoms with E-state index in [1.165, 1.54) is 76.3 Å². The Morgan fingerprint density at radius 2 is 0.814 bits per heavy atom. The van der Waals surface area contributed by atoms with Gasteiger partial charge < -0.3 is 9.32 Å². The van der Waals surface area contributed by atoms with Gasteiger partial charge in [0.2, 0.25) is 0 Å². The second kappa shape index (κ2) is 16.2. The van der Waals surface area contributed by atoms with Crippen LogP contribution in [0.2, 0.25) is 0 Å². The lowest BCUT2D eigenvalue weighted by Gasteiger charge is -2.30. The van der Waals surface area contributed by atoms with Crippen LogP contribution in [0, 0.1) is 0 Å². The summed E-state index contributed by atoms with van der Waals surface area (Å²) in [4.78, 5) is 2.47. The van der Waals surface area contributed by atoms with Gasteiger partial charge in [0, 0.05) is 32.8 Å². The summed E-state index contributed by atoms with van der Waals surface area (Å²) in [6.45, 7) is 0. The molecule has 0 spiro atoms. The maximum atomic E-state index is 6.75. The molecule has 0 amide bonds. The Balaban J connectivity index is 0.984. The lowest BCUT2D eigenvalue weighted by Crippen LogP contribution is -2.12. The number of furan rings is 1. The van der Waals surface area contributed by atoms with Crippen molar-refractivity contribution in [2.45, 2.75) is 0 Å². The molecule has 0 saturated heterocycles. The Labute approximate surface area is 405 Å². The third-order valence-electron chi connectivity index (χ3n) is 14.4. The molecule has 0 atom stereocenters. The fraction of sp³-hybridized carbons (Fsp3) is 0. The van der Waals surface area contributed by atoms with E-state index in [0.29, 0.717) is 0 Å². The van der Waals surface area contributed by atoms with Gasteiger partial charge in [-0.2, -0.15) is 0 Å². The molecule has 0 aliphatic rings. The Kier molecular flexibility index (Phi) is 9.25. The van der Waals surface area contributed by atoms with Crippen molar-refractivity contribution in [3.8, 4) is 44.5 Å². The molecule has 326 valence electrons. The van der Waals surface area contributed by atoms with Crippen molar-refractivity contribution < 1.29 is 4.42 Å². The number of benzene rings is 13. The maximum absolute atomic E-state index is 6.75. The van der Waals surface area contributed by atoms with Crippen molar-refractivity contribution in [1.29, 1.82) is 0 Å². The summed E-state index contributed by atoms with van der Waals surface area (Å²) >= 11 is 0. The van der Waals surface area contributed by atoms with Crippen molar-refractivity contribution in [3.63, 3.8) is 0 Å². The number of nitrogens with zero attached hydrogens (tertiary/aromatic N) is 1. The van der Waals surface area contributed by atoms with Crippen molar-refractivity contribution in [1.82, 2.24) is 0 Å². The summed E-state index contributed by atoms with van der Waals surface area (Å²) in [5.41, 5.74) is 14.5. The molecule has 1 aromatic heterocycles. The van der Waals surface area contributed by atoms with E-state index in [-0.39, 0.29) is 0 Å². The van der Waals surface area contributed by atoms with Crippen molar-refractivity contribution in [3.05, 3.63) is 261 Å². The van der Waals surface area contributed by atoms with Crippen LogP contribution in [0.4, 0.5) is 17.1 Å².